The second-order valence-electron chi connectivity index (χ2n) is 5.95. The minimum Gasteiger partial charge on any atom is -0.489 e. The number of alkyl carbamates (subject to hydrolysis) is 1. The molecule has 2 aromatic rings. The molecule has 1 unspecified atom stereocenters. The summed E-state index contributed by atoms with van der Waals surface area (Å²) in [5, 5.41) is 4.33. The summed E-state index contributed by atoms with van der Waals surface area (Å²) in [5.74, 6) is -0.637. The van der Waals surface area contributed by atoms with Crippen LogP contribution >= 0.6 is 0 Å². The number of carbonyl (C=O) groups is 3. The summed E-state index contributed by atoms with van der Waals surface area (Å²) in [6, 6.07) is 13.3. The van der Waals surface area contributed by atoms with Gasteiger partial charge in [-0.25, -0.2) is 14.4 Å². The molecule has 1 N–H and O–H groups in total. The lowest BCUT2D eigenvalue weighted by Crippen LogP contribution is -2.36. The third-order valence-electron chi connectivity index (χ3n) is 3.81. The van der Waals surface area contributed by atoms with Gasteiger partial charge in [-0.15, -0.1) is 0 Å². The molecule has 8 nitrogen and oxygen atoms in total. The maximum atomic E-state index is 12.0. The maximum Gasteiger partial charge on any atom is 0.407 e. The average molecular weight is 413 g/mol. The monoisotopic (exact) mass is 413 g/mol. The Hall–Kier alpha value is -3.81. The first kappa shape index (κ1) is 22.5. The largest absolute Gasteiger partial charge is 0.489 e. The zero-order chi connectivity index (χ0) is 21.8. The molecule has 1 amide bonds. The van der Waals surface area contributed by atoms with Crippen molar-refractivity contribution in [3.8, 4) is 5.75 Å². The number of benzene rings is 2. The van der Waals surface area contributed by atoms with E-state index in [4.69, 9.17) is 18.9 Å². The SMILES string of the molecule is C=CC(=O)OCCNC(=O)OC(COC(=O)C=C)COc1cccc2ccccc12. The van der Waals surface area contributed by atoms with E-state index in [2.05, 4.69) is 18.5 Å². The Balaban J connectivity index is 1.93. The molecule has 2 aromatic carbocycles. The summed E-state index contributed by atoms with van der Waals surface area (Å²) in [4.78, 5) is 34.3. The summed E-state index contributed by atoms with van der Waals surface area (Å²) in [5.41, 5.74) is 0. The highest BCUT2D eigenvalue weighted by Crippen LogP contribution is 2.25. The highest BCUT2D eigenvalue weighted by molar-refractivity contribution is 5.88. The Labute approximate surface area is 174 Å². The minimum absolute atomic E-state index is 0.0391. The lowest BCUT2D eigenvalue weighted by atomic mass is 10.1. The number of ether oxygens (including phenoxy) is 4. The molecule has 0 radical (unpaired) electrons. The molecule has 0 saturated heterocycles. The van der Waals surface area contributed by atoms with Gasteiger partial charge in [0.1, 0.15) is 25.6 Å². The maximum absolute atomic E-state index is 12.0. The smallest absolute Gasteiger partial charge is 0.407 e. The molecule has 30 heavy (non-hydrogen) atoms. The highest BCUT2D eigenvalue weighted by Gasteiger charge is 2.18. The predicted octanol–water partition coefficient (Wildman–Crippen LogP) is 2.77. The van der Waals surface area contributed by atoms with E-state index in [0.29, 0.717) is 5.75 Å². The Kier molecular flexibility index (Phi) is 8.92. The molecule has 8 heteroatoms. The van der Waals surface area contributed by atoms with Gasteiger partial charge in [-0.3, -0.25) is 0 Å². The minimum atomic E-state index is -0.872. The van der Waals surface area contributed by atoms with Crippen LogP contribution in [-0.2, 0) is 23.8 Å². The fraction of sp³-hybridized carbons (Fsp3) is 0.227. The van der Waals surface area contributed by atoms with E-state index in [1.807, 2.05) is 36.4 Å². The van der Waals surface area contributed by atoms with Crippen LogP contribution in [0.5, 0.6) is 5.75 Å². The van der Waals surface area contributed by atoms with Crippen LogP contribution < -0.4 is 10.1 Å². The zero-order valence-corrected chi connectivity index (χ0v) is 16.4. The standard InChI is InChI=1S/C22H23NO7/c1-3-20(24)27-13-12-23-22(26)30-17(15-29-21(25)4-2)14-28-19-11-7-9-16-8-5-6-10-18(16)19/h3-11,17H,1-2,12-15H2,(H,23,26). The normalized spacial score (nSPS) is 11.1. The fourth-order valence-electron chi connectivity index (χ4n) is 2.41. The van der Waals surface area contributed by atoms with E-state index in [1.165, 1.54) is 0 Å². The predicted molar refractivity (Wildman–Crippen MR) is 110 cm³/mol. The average Bonchev–Trinajstić information content (AvgIpc) is 2.77. The second-order valence-corrected chi connectivity index (χ2v) is 5.95. The first-order valence-electron chi connectivity index (χ1n) is 9.17. The molecule has 0 bridgehead atoms. The third-order valence-corrected chi connectivity index (χ3v) is 3.81. The van der Waals surface area contributed by atoms with Crippen molar-refractivity contribution in [2.24, 2.45) is 0 Å². The van der Waals surface area contributed by atoms with Crippen molar-refractivity contribution in [2.45, 2.75) is 6.10 Å². The molecule has 2 rings (SSSR count). The number of amides is 1. The first-order valence-corrected chi connectivity index (χ1v) is 9.17. The summed E-state index contributed by atoms with van der Waals surface area (Å²) in [6.45, 7) is 6.34. The number of nitrogens with one attached hydrogen (secondary N) is 1. The van der Waals surface area contributed by atoms with Crippen LogP contribution in [0.2, 0.25) is 0 Å². The van der Waals surface area contributed by atoms with Gasteiger partial charge in [0.25, 0.3) is 0 Å². The van der Waals surface area contributed by atoms with Crippen molar-refractivity contribution in [1.29, 1.82) is 0 Å². The Bertz CT molecular complexity index is 904. The molecule has 0 heterocycles. The number of rotatable bonds is 11. The number of hydrogen-bond acceptors (Lipinski definition) is 7. The van der Waals surface area contributed by atoms with Gasteiger partial charge in [-0.05, 0) is 11.5 Å². The molecule has 0 aromatic heterocycles. The van der Waals surface area contributed by atoms with Crippen LogP contribution in [-0.4, -0.2) is 50.5 Å². The van der Waals surface area contributed by atoms with Crippen molar-refractivity contribution >= 4 is 28.8 Å². The molecule has 0 fully saturated rings. The van der Waals surface area contributed by atoms with Gasteiger partial charge in [0.05, 0.1) is 6.54 Å². The molecular formula is C22H23NO7. The van der Waals surface area contributed by atoms with Gasteiger partial charge in [-0.2, -0.15) is 0 Å². The van der Waals surface area contributed by atoms with Crippen molar-refractivity contribution in [3.63, 3.8) is 0 Å². The number of carbonyl (C=O) groups excluding carboxylic acids is 3. The van der Waals surface area contributed by atoms with Crippen LogP contribution in [0, 0.1) is 0 Å². The molecular weight excluding hydrogens is 390 g/mol. The van der Waals surface area contributed by atoms with Crippen molar-refractivity contribution < 1.29 is 33.3 Å². The van der Waals surface area contributed by atoms with Gasteiger partial charge in [0, 0.05) is 17.5 Å². The quantitative estimate of drug-likeness (QED) is 0.262. The Morgan fingerprint density at radius 3 is 2.40 bits per heavy atom. The van der Waals surface area contributed by atoms with Crippen LogP contribution in [0.4, 0.5) is 4.79 Å². The molecule has 0 saturated carbocycles. The number of hydrogen-bond donors (Lipinski definition) is 1. The Morgan fingerprint density at radius 1 is 0.933 bits per heavy atom. The van der Waals surface area contributed by atoms with E-state index in [0.717, 1.165) is 22.9 Å². The lowest BCUT2D eigenvalue weighted by Gasteiger charge is -2.19. The van der Waals surface area contributed by atoms with Crippen LogP contribution in [0.1, 0.15) is 0 Å². The molecule has 1 atom stereocenters. The van der Waals surface area contributed by atoms with E-state index < -0.39 is 24.1 Å². The summed E-state index contributed by atoms with van der Waals surface area (Å²) >= 11 is 0. The summed E-state index contributed by atoms with van der Waals surface area (Å²) < 4.78 is 20.8. The molecule has 158 valence electrons. The molecule has 0 spiro atoms. The van der Waals surface area contributed by atoms with Gasteiger partial charge in [-0.1, -0.05) is 49.6 Å². The van der Waals surface area contributed by atoms with Gasteiger partial charge in [0.2, 0.25) is 0 Å². The van der Waals surface area contributed by atoms with Crippen molar-refractivity contribution in [2.75, 3.05) is 26.4 Å². The third kappa shape index (κ3) is 7.31. The molecule has 0 aliphatic rings. The Morgan fingerprint density at radius 2 is 1.63 bits per heavy atom. The van der Waals surface area contributed by atoms with E-state index in [-0.39, 0.29) is 26.4 Å². The molecule has 0 aliphatic carbocycles. The van der Waals surface area contributed by atoms with Crippen molar-refractivity contribution in [1.82, 2.24) is 5.32 Å². The fourth-order valence-corrected chi connectivity index (χ4v) is 2.41. The van der Waals surface area contributed by atoms with E-state index in [9.17, 15) is 14.4 Å². The molecule has 0 aliphatic heterocycles. The highest BCUT2D eigenvalue weighted by atomic mass is 16.6. The summed E-state index contributed by atoms with van der Waals surface area (Å²) in [7, 11) is 0. The first-order chi connectivity index (χ1) is 14.5. The van der Waals surface area contributed by atoms with Crippen LogP contribution in [0.25, 0.3) is 10.8 Å². The summed E-state index contributed by atoms with van der Waals surface area (Å²) in [6.07, 6.45) is 0.387. The zero-order valence-electron chi connectivity index (χ0n) is 16.4. The van der Waals surface area contributed by atoms with Gasteiger partial charge < -0.3 is 24.3 Å². The van der Waals surface area contributed by atoms with Crippen LogP contribution in [0.15, 0.2) is 67.8 Å². The van der Waals surface area contributed by atoms with E-state index >= 15 is 0 Å². The lowest BCUT2D eigenvalue weighted by molar-refractivity contribution is -0.141. The van der Waals surface area contributed by atoms with Crippen LogP contribution in [0.3, 0.4) is 0 Å². The van der Waals surface area contributed by atoms with Crippen molar-refractivity contribution in [3.05, 3.63) is 67.8 Å². The number of esters is 2. The topological polar surface area (TPSA) is 100 Å². The number of fused-ring (bicyclic) bond motifs is 1. The van der Waals surface area contributed by atoms with E-state index in [1.54, 1.807) is 6.07 Å². The van der Waals surface area contributed by atoms with Gasteiger partial charge >= 0.3 is 18.0 Å². The van der Waals surface area contributed by atoms with Gasteiger partial charge in [0.15, 0.2) is 6.10 Å². The second kappa shape index (κ2) is 11.9.